The van der Waals surface area contributed by atoms with Crippen molar-refractivity contribution in [3.63, 3.8) is 0 Å². The van der Waals surface area contributed by atoms with E-state index in [0.29, 0.717) is 0 Å². The van der Waals surface area contributed by atoms with Gasteiger partial charge in [-0.05, 0) is 23.8 Å². The molecule has 0 amide bonds. The van der Waals surface area contributed by atoms with Crippen LogP contribution in [0, 0.1) is 5.92 Å². The molecule has 17 heavy (non-hydrogen) atoms. The van der Waals surface area contributed by atoms with E-state index in [-0.39, 0.29) is 0 Å². The van der Waals surface area contributed by atoms with Crippen molar-refractivity contribution in [3.05, 3.63) is 41.0 Å². The highest BCUT2D eigenvalue weighted by atomic mass is 79.9. The van der Waals surface area contributed by atoms with Crippen LogP contribution in [-0.4, -0.2) is 22.9 Å². The lowest BCUT2D eigenvalue weighted by Gasteiger charge is -2.27. The van der Waals surface area contributed by atoms with Crippen molar-refractivity contribution < 1.29 is 0 Å². The highest BCUT2D eigenvalue weighted by Gasteiger charge is 2.18. The molecule has 0 radical (unpaired) electrons. The second-order valence-corrected chi connectivity index (χ2v) is 5.35. The summed E-state index contributed by atoms with van der Waals surface area (Å²) >= 11 is 3.46. The Morgan fingerprint density at radius 1 is 1.24 bits per heavy atom. The molecular weight excluding hydrogens is 278 g/mol. The van der Waals surface area contributed by atoms with Crippen LogP contribution in [0.15, 0.2) is 41.0 Å². The van der Waals surface area contributed by atoms with E-state index >= 15 is 0 Å². The predicted molar refractivity (Wildman–Crippen MR) is 71.7 cm³/mol. The van der Waals surface area contributed by atoms with Crippen molar-refractivity contribution >= 4 is 15.9 Å². The van der Waals surface area contributed by atoms with E-state index in [1.165, 1.54) is 11.3 Å². The molecule has 88 valence electrons. The first-order valence-corrected chi connectivity index (χ1v) is 6.61. The maximum absolute atomic E-state index is 4.41. The van der Waals surface area contributed by atoms with E-state index in [1.807, 2.05) is 6.20 Å². The van der Waals surface area contributed by atoms with Gasteiger partial charge in [-0.15, -0.1) is 0 Å². The molecule has 1 saturated heterocycles. The third-order valence-electron chi connectivity index (χ3n) is 3.15. The van der Waals surface area contributed by atoms with Gasteiger partial charge >= 0.3 is 0 Å². The van der Waals surface area contributed by atoms with Crippen LogP contribution in [0.1, 0.15) is 0 Å². The number of nitrogens with zero attached hydrogens (tertiary/aromatic N) is 2. The summed E-state index contributed by atoms with van der Waals surface area (Å²) in [4.78, 5) is 0. The summed E-state index contributed by atoms with van der Waals surface area (Å²) in [6, 6.07) is 10.5. The molecule has 0 spiro atoms. The Hall–Kier alpha value is -1.13. The summed E-state index contributed by atoms with van der Waals surface area (Å²) in [5.41, 5.74) is 2.42. The molecule has 0 unspecified atom stereocenters. The van der Waals surface area contributed by atoms with Gasteiger partial charge in [-0.3, -0.25) is 4.68 Å². The number of aromatic nitrogens is 2. The van der Waals surface area contributed by atoms with E-state index in [4.69, 9.17) is 0 Å². The van der Waals surface area contributed by atoms with Crippen molar-refractivity contribution in [2.75, 3.05) is 13.1 Å². The number of benzene rings is 1. The third-order valence-corrected chi connectivity index (χ3v) is 3.68. The summed E-state index contributed by atoms with van der Waals surface area (Å²) in [5.74, 6) is 0.726. The van der Waals surface area contributed by atoms with Crippen LogP contribution in [0.2, 0.25) is 0 Å². The lowest BCUT2D eigenvalue weighted by atomic mass is 10.0. The minimum absolute atomic E-state index is 0.726. The van der Waals surface area contributed by atoms with Crippen LogP contribution in [0.5, 0.6) is 0 Å². The van der Waals surface area contributed by atoms with Gasteiger partial charge in [0.1, 0.15) is 0 Å². The van der Waals surface area contributed by atoms with Gasteiger partial charge in [0.2, 0.25) is 0 Å². The van der Waals surface area contributed by atoms with Crippen LogP contribution in [0.4, 0.5) is 0 Å². The van der Waals surface area contributed by atoms with Crippen LogP contribution in [0.3, 0.4) is 0 Å². The van der Waals surface area contributed by atoms with Gasteiger partial charge in [0.25, 0.3) is 0 Å². The molecule has 1 aliphatic rings. The van der Waals surface area contributed by atoms with Crippen LogP contribution >= 0.6 is 15.9 Å². The average Bonchev–Trinajstić information content (AvgIpc) is 2.73. The Morgan fingerprint density at radius 2 is 2.00 bits per heavy atom. The minimum atomic E-state index is 0.726. The van der Waals surface area contributed by atoms with Gasteiger partial charge < -0.3 is 5.32 Å². The van der Waals surface area contributed by atoms with Crippen molar-refractivity contribution in [2.24, 2.45) is 5.92 Å². The summed E-state index contributed by atoms with van der Waals surface area (Å²) < 4.78 is 3.21. The Bertz CT molecular complexity index is 500. The first-order valence-electron chi connectivity index (χ1n) is 5.81. The summed E-state index contributed by atoms with van der Waals surface area (Å²) in [5, 5.41) is 7.71. The van der Waals surface area contributed by atoms with E-state index < -0.39 is 0 Å². The van der Waals surface area contributed by atoms with Gasteiger partial charge in [0.05, 0.1) is 5.69 Å². The zero-order valence-corrected chi connectivity index (χ0v) is 11.0. The number of halogens is 1. The number of hydrogen-bond acceptors (Lipinski definition) is 2. The zero-order chi connectivity index (χ0) is 11.7. The summed E-state index contributed by atoms with van der Waals surface area (Å²) in [6.45, 7) is 3.23. The zero-order valence-electron chi connectivity index (χ0n) is 9.44. The Kier molecular flexibility index (Phi) is 2.99. The molecule has 0 atom stereocenters. The average molecular weight is 292 g/mol. The lowest BCUT2D eigenvalue weighted by molar-refractivity contribution is 0.297. The molecule has 0 aliphatic carbocycles. The van der Waals surface area contributed by atoms with Gasteiger partial charge in [0.15, 0.2) is 0 Å². The molecule has 3 nitrogen and oxygen atoms in total. The SMILES string of the molecule is Brc1ccc(-c2ccnn2CC2CNC2)cc1. The van der Waals surface area contributed by atoms with Crippen LogP contribution in [-0.2, 0) is 6.54 Å². The van der Waals surface area contributed by atoms with Crippen molar-refractivity contribution in [2.45, 2.75) is 6.54 Å². The number of nitrogens with one attached hydrogen (secondary N) is 1. The van der Waals surface area contributed by atoms with Gasteiger partial charge in [-0.1, -0.05) is 28.1 Å². The number of hydrogen-bond donors (Lipinski definition) is 1. The fourth-order valence-electron chi connectivity index (χ4n) is 2.07. The maximum atomic E-state index is 4.41. The molecule has 1 aliphatic heterocycles. The molecule has 2 aromatic rings. The standard InChI is InChI=1S/C13H14BrN3/c14-12-3-1-11(2-4-12)13-5-6-16-17(13)9-10-7-15-8-10/h1-6,10,15H,7-9H2. The Balaban J connectivity index is 1.86. The lowest BCUT2D eigenvalue weighted by Crippen LogP contribution is -2.44. The smallest absolute Gasteiger partial charge is 0.0682 e. The number of rotatable bonds is 3. The second-order valence-electron chi connectivity index (χ2n) is 4.43. The molecule has 2 heterocycles. The largest absolute Gasteiger partial charge is 0.316 e. The molecule has 0 bridgehead atoms. The quantitative estimate of drug-likeness (QED) is 0.942. The Labute approximate surface area is 109 Å². The topological polar surface area (TPSA) is 29.9 Å². The summed E-state index contributed by atoms with van der Waals surface area (Å²) in [7, 11) is 0. The van der Waals surface area contributed by atoms with E-state index in [9.17, 15) is 0 Å². The van der Waals surface area contributed by atoms with E-state index in [0.717, 1.165) is 30.0 Å². The maximum Gasteiger partial charge on any atom is 0.0682 e. The van der Waals surface area contributed by atoms with Gasteiger partial charge in [-0.2, -0.15) is 5.10 Å². The van der Waals surface area contributed by atoms with E-state index in [1.54, 1.807) is 0 Å². The molecule has 0 saturated carbocycles. The van der Waals surface area contributed by atoms with Crippen molar-refractivity contribution in [1.82, 2.24) is 15.1 Å². The van der Waals surface area contributed by atoms with Crippen LogP contribution < -0.4 is 5.32 Å². The highest BCUT2D eigenvalue weighted by molar-refractivity contribution is 9.10. The normalized spacial score (nSPS) is 15.8. The highest BCUT2D eigenvalue weighted by Crippen LogP contribution is 2.22. The fourth-order valence-corrected chi connectivity index (χ4v) is 2.33. The molecule has 1 aromatic heterocycles. The molecule has 1 fully saturated rings. The van der Waals surface area contributed by atoms with E-state index in [2.05, 4.69) is 61.4 Å². The monoisotopic (exact) mass is 291 g/mol. The molecule has 1 N–H and O–H groups in total. The van der Waals surface area contributed by atoms with Gasteiger partial charge in [0, 0.05) is 36.2 Å². The molecule has 4 heteroatoms. The van der Waals surface area contributed by atoms with Gasteiger partial charge in [-0.25, -0.2) is 0 Å². The predicted octanol–water partition coefficient (Wildman–Crippen LogP) is 2.53. The third kappa shape index (κ3) is 2.28. The van der Waals surface area contributed by atoms with Crippen molar-refractivity contribution in [1.29, 1.82) is 0 Å². The fraction of sp³-hybridized carbons (Fsp3) is 0.308. The Morgan fingerprint density at radius 3 is 2.65 bits per heavy atom. The summed E-state index contributed by atoms with van der Waals surface area (Å²) in [6.07, 6.45) is 1.88. The molecule has 1 aromatic carbocycles. The first-order chi connectivity index (χ1) is 8.33. The first kappa shape index (κ1) is 11.0. The molecular formula is C13H14BrN3. The van der Waals surface area contributed by atoms with Crippen LogP contribution in [0.25, 0.3) is 11.3 Å². The minimum Gasteiger partial charge on any atom is -0.316 e. The van der Waals surface area contributed by atoms with Crippen molar-refractivity contribution in [3.8, 4) is 11.3 Å². The second kappa shape index (κ2) is 4.63. The molecule has 3 rings (SSSR count).